The monoisotopic (exact) mass is 376 g/mol. The van der Waals surface area contributed by atoms with Gasteiger partial charge < -0.3 is 4.98 Å². The molecule has 1 amide bonds. The minimum absolute atomic E-state index is 0.0660. The minimum Gasteiger partial charge on any atom is -0.324 e. The number of hydrogen-bond donors (Lipinski definition) is 2. The molecule has 1 aliphatic rings. The molecule has 0 bridgehead atoms. The molecular formula is C21H17FN4O2. The molecule has 4 rings (SSSR count). The van der Waals surface area contributed by atoms with Gasteiger partial charge in [0.15, 0.2) is 5.78 Å². The van der Waals surface area contributed by atoms with Crippen molar-refractivity contribution in [3.8, 4) is 0 Å². The Morgan fingerprint density at radius 2 is 1.93 bits per heavy atom. The minimum atomic E-state index is -0.349. The van der Waals surface area contributed by atoms with E-state index in [1.54, 1.807) is 36.5 Å². The second-order valence-electron chi connectivity index (χ2n) is 6.52. The van der Waals surface area contributed by atoms with Crippen LogP contribution in [0.15, 0.2) is 59.7 Å². The molecule has 28 heavy (non-hydrogen) atoms. The molecule has 0 unspecified atom stereocenters. The van der Waals surface area contributed by atoms with Crippen molar-refractivity contribution in [2.24, 2.45) is 4.99 Å². The van der Waals surface area contributed by atoms with Crippen molar-refractivity contribution in [3.63, 3.8) is 0 Å². The lowest BCUT2D eigenvalue weighted by molar-refractivity contribution is -0.115. The van der Waals surface area contributed by atoms with Crippen molar-refractivity contribution >= 4 is 34.4 Å². The number of benzene rings is 2. The highest BCUT2D eigenvalue weighted by Gasteiger charge is 2.17. The highest BCUT2D eigenvalue weighted by Crippen LogP contribution is 2.21. The zero-order chi connectivity index (χ0) is 19.5. The van der Waals surface area contributed by atoms with Crippen LogP contribution in [0.3, 0.4) is 0 Å². The zero-order valence-electron chi connectivity index (χ0n) is 14.9. The van der Waals surface area contributed by atoms with Gasteiger partial charge in [-0.25, -0.2) is 9.37 Å². The van der Waals surface area contributed by atoms with E-state index in [-0.39, 0.29) is 36.3 Å². The maximum atomic E-state index is 13.0. The second kappa shape index (κ2) is 7.56. The van der Waals surface area contributed by atoms with E-state index < -0.39 is 0 Å². The number of imidazole rings is 1. The molecule has 2 aromatic carbocycles. The van der Waals surface area contributed by atoms with Gasteiger partial charge in [0.05, 0.1) is 11.9 Å². The highest BCUT2D eigenvalue weighted by molar-refractivity contribution is 6.15. The summed E-state index contributed by atoms with van der Waals surface area (Å²) in [6.45, 7) is 0. The molecule has 3 aromatic rings. The Kier molecular flexibility index (Phi) is 4.80. The summed E-state index contributed by atoms with van der Waals surface area (Å²) >= 11 is 0. The second-order valence-corrected chi connectivity index (χ2v) is 6.52. The number of Topliss-reactive ketones (excluding diaryl/α,β-unsaturated/α-hetero) is 1. The van der Waals surface area contributed by atoms with Crippen LogP contribution in [-0.2, 0) is 11.2 Å². The molecule has 0 fully saturated rings. The number of anilines is 1. The summed E-state index contributed by atoms with van der Waals surface area (Å²) in [5, 5.41) is 2.69. The Morgan fingerprint density at radius 1 is 1.11 bits per heavy atom. The number of carbonyl (C=O) groups excluding carboxylic acids is 2. The van der Waals surface area contributed by atoms with Gasteiger partial charge in [0.1, 0.15) is 11.3 Å². The first-order valence-corrected chi connectivity index (χ1v) is 8.85. The molecule has 2 N–H and O–H groups in total. The third-order valence-electron chi connectivity index (χ3n) is 4.43. The Hall–Kier alpha value is -3.61. The van der Waals surface area contributed by atoms with Gasteiger partial charge >= 0.3 is 0 Å². The van der Waals surface area contributed by atoms with Gasteiger partial charge in [0.2, 0.25) is 11.9 Å². The smallest absolute Gasteiger partial charge is 0.231 e. The van der Waals surface area contributed by atoms with Crippen molar-refractivity contribution < 1.29 is 14.0 Å². The number of allylic oxidation sites excluding steroid dienone is 1. The number of H-pyrrole nitrogens is 1. The number of amides is 1. The van der Waals surface area contributed by atoms with E-state index >= 15 is 0 Å². The number of ketones is 1. The van der Waals surface area contributed by atoms with Gasteiger partial charge in [-0.3, -0.25) is 19.9 Å². The van der Waals surface area contributed by atoms with E-state index in [0.717, 1.165) is 5.71 Å². The Balaban J connectivity index is 1.50. The van der Waals surface area contributed by atoms with E-state index in [0.29, 0.717) is 28.6 Å². The molecule has 140 valence electrons. The zero-order valence-corrected chi connectivity index (χ0v) is 14.9. The fraction of sp³-hybridized carbons (Fsp3) is 0.143. The Labute approximate surface area is 160 Å². The predicted molar refractivity (Wildman–Crippen MR) is 105 cm³/mol. The van der Waals surface area contributed by atoms with E-state index in [1.165, 1.54) is 12.1 Å². The van der Waals surface area contributed by atoms with Gasteiger partial charge in [-0.15, -0.1) is 0 Å². The standard InChI is InChI=1S/C21H17FN4O2/c22-14-8-6-13(7-9-14)11-19(28)25-21-24-17-5-1-4-16(20(17)26-21)18(27)12-15-3-2-10-23-15/h1-2,4-10H,3,11-12H2,(H2,24,25,26,28). The van der Waals surface area contributed by atoms with Crippen LogP contribution < -0.4 is 5.32 Å². The maximum Gasteiger partial charge on any atom is 0.231 e. The van der Waals surface area contributed by atoms with Crippen LogP contribution >= 0.6 is 0 Å². The molecule has 2 heterocycles. The van der Waals surface area contributed by atoms with Crippen LogP contribution in [0.1, 0.15) is 28.8 Å². The number of nitrogens with zero attached hydrogens (tertiary/aromatic N) is 2. The largest absolute Gasteiger partial charge is 0.324 e. The normalized spacial score (nSPS) is 13.0. The van der Waals surface area contributed by atoms with Crippen molar-refractivity contribution in [3.05, 3.63) is 71.7 Å². The highest BCUT2D eigenvalue weighted by atomic mass is 19.1. The van der Waals surface area contributed by atoms with Gasteiger partial charge in [-0.05, 0) is 29.8 Å². The molecule has 0 spiro atoms. The van der Waals surface area contributed by atoms with Crippen LogP contribution in [0, 0.1) is 5.82 Å². The number of aromatic nitrogens is 2. The van der Waals surface area contributed by atoms with Crippen LogP contribution in [0.5, 0.6) is 0 Å². The molecule has 0 aliphatic carbocycles. The summed E-state index contributed by atoms with van der Waals surface area (Å²) in [6, 6.07) is 11.0. The predicted octanol–water partition coefficient (Wildman–Crippen LogP) is 3.81. The Bertz CT molecular complexity index is 1110. The fourth-order valence-electron chi connectivity index (χ4n) is 3.08. The van der Waals surface area contributed by atoms with Crippen LogP contribution in [0.25, 0.3) is 11.0 Å². The van der Waals surface area contributed by atoms with E-state index in [4.69, 9.17) is 0 Å². The molecule has 1 aromatic heterocycles. The van der Waals surface area contributed by atoms with Gasteiger partial charge in [0.25, 0.3) is 0 Å². The molecule has 7 heteroatoms. The van der Waals surface area contributed by atoms with Crippen molar-refractivity contribution in [2.45, 2.75) is 19.3 Å². The topological polar surface area (TPSA) is 87.2 Å². The van der Waals surface area contributed by atoms with Crippen molar-refractivity contribution in [2.75, 3.05) is 5.32 Å². The van der Waals surface area contributed by atoms with E-state index in [9.17, 15) is 14.0 Å². The lowest BCUT2D eigenvalue weighted by Gasteiger charge is -2.02. The number of hydrogen-bond acceptors (Lipinski definition) is 4. The number of aliphatic imine (C=N–C) groups is 1. The summed E-state index contributed by atoms with van der Waals surface area (Å²) in [6.07, 6.45) is 4.63. The van der Waals surface area contributed by atoms with Gasteiger partial charge in [0, 0.05) is 30.3 Å². The summed E-state index contributed by atoms with van der Waals surface area (Å²) in [5.41, 5.74) is 3.18. The quantitative estimate of drug-likeness (QED) is 0.641. The number of carbonyl (C=O) groups is 2. The van der Waals surface area contributed by atoms with Crippen LogP contribution in [0.2, 0.25) is 0 Å². The van der Waals surface area contributed by atoms with E-state index in [1.807, 2.05) is 6.08 Å². The van der Waals surface area contributed by atoms with E-state index in [2.05, 4.69) is 20.3 Å². The third kappa shape index (κ3) is 3.88. The molecule has 1 aliphatic heterocycles. The molecule has 0 radical (unpaired) electrons. The van der Waals surface area contributed by atoms with Crippen LogP contribution in [-0.4, -0.2) is 27.4 Å². The van der Waals surface area contributed by atoms with Gasteiger partial charge in [-0.1, -0.05) is 24.3 Å². The summed E-state index contributed by atoms with van der Waals surface area (Å²) < 4.78 is 13.0. The first kappa shape index (κ1) is 17.8. The molecule has 0 saturated carbocycles. The molecule has 6 nitrogen and oxygen atoms in total. The molecular weight excluding hydrogens is 359 g/mol. The number of rotatable bonds is 6. The number of halogens is 1. The average Bonchev–Trinajstić information content (AvgIpc) is 3.32. The lowest BCUT2D eigenvalue weighted by Crippen LogP contribution is -2.15. The summed E-state index contributed by atoms with van der Waals surface area (Å²) in [5.74, 6) is -0.436. The first-order chi connectivity index (χ1) is 13.6. The Morgan fingerprint density at radius 3 is 2.68 bits per heavy atom. The number of para-hydroxylation sites is 1. The number of nitrogens with one attached hydrogen (secondary N) is 2. The maximum absolute atomic E-state index is 13.0. The molecule has 0 saturated heterocycles. The lowest BCUT2D eigenvalue weighted by atomic mass is 10.0. The third-order valence-corrected chi connectivity index (χ3v) is 4.43. The molecule has 0 atom stereocenters. The van der Waals surface area contributed by atoms with Gasteiger partial charge in [-0.2, -0.15) is 0 Å². The van der Waals surface area contributed by atoms with Crippen molar-refractivity contribution in [1.82, 2.24) is 9.97 Å². The number of aromatic amines is 1. The van der Waals surface area contributed by atoms with Crippen LogP contribution in [0.4, 0.5) is 10.3 Å². The fourth-order valence-corrected chi connectivity index (χ4v) is 3.08. The average molecular weight is 376 g/mol. The first-order valence-electron chi connectivity index (χ1n) is 8.85. The summed E-state index contributed by atoms with van der Waals surface area (Å²) in [7, 11) is 0. The summed E-state index contributed by atoms with van der Waals surface area (Å²) in [4.78, 5) is 36.4. The number of fused-ring (bicyclic) bond motifs is 1. The SMILES string of the molecule is O=C(Cc1ccc(F)cc1)Nc1nc2c(C(=O)CC3=NC=CC3)cccc2[nH]1. The van der Waals surface area contributed by atoms with Crippen molar-refractivity contribution in [1.29, 1.82) is 0 Å².